The molecule has 0 aromatic heterocycles. The van der Waals surface area contributed by atoms with Gasteiger partial charge in [0, 0.05) is 18.1 Å². The first-order chi connectivity index (χ1) is 11.6. The van der Waals surface area contributed by atoms with Gasteiger partial charge >= 0.3 is 5.97 Å². The number of hydrogen-bond acceptors (Lipinski definition) is 5. The number of unbranched alkanes of at least 4 members (excludes halogenated alkanes) is 2. The molecule has 3 N–H and O–H groups in total. The van der Waals surface area contributed by atoms with Gasteiger partial charge in [0.15, 0.2) is 5.78 Å². The first kappa shape index (κ1) is 17.7. The molecule has 0 amide bonds. The highest BCUT2D eigenvalue weighted by atomic mass is 16.5. The van der Waals surface area contributed by atoms with Gasteiger partial charge in [-0.15, -0.1) is 0 Å². The first-order valence-electron chi connectivity index (χ1n) is 7.95. The molecule has 0 aliphatic carbocycles. The maximum Gasteiger partial charge on any atom is 0.311 e. The molecule has 0 atom stereocenters. The number of rotatable bonds is 8. The molecule has 0 saturated heterocycles. The number of carbonyl (C=O) groups excluding carboxylic acids is 2. The van der Waals surface area contributed by atoms with Crippen LogP contribution in [0.3, 0.4) is 0 Å². The van der Waals surface area contributed by atoms with Gasteiger partial charge in [-0.05, 0) is 31.5 Å². The minimum absolute atomic E-state index is 0.170. The zero-order valence-electron chi connectivity index (χ0n) is 13.4. The molecule has 24 heavy (non-hydrogen) atoms. The minimum Gasteiger partial charge on any atom is -0.507 e. The maximum atomic E-state index is 12.3. The van der Waals surface area contributed by atoms with Crippen molar-refractivity contribution in [2.75, 3.05) is 6.54 Å². The monoisotopic (exact) mass is 327 g/mol. The molecule has 0 aliphatic rings. The molecule has 0 saturated carbocycles. The summed E-state index contributed by atoms with van der Waals surface area (Å²) >= 11 is 0. The Morgan fingerprint density at radius 3 is 2.42 bits per heavy atom. The SMILES string of the molecule is NCCCCCC(=O)Oc1ccc(C(=O)c2ccccc2)c(O)c1. The van der Waals surface area contributed by atoms with Gasteiger partial charge in [-0.1, -0.05) is 36.8 Å². The van der Waals surface area contributed by atoms with Crippen molar-refractivity contribution < 1.29 is 19.4 Å². The van der Waals surface area contributed by atoms with E-state index in [1.165, 1.54) is 18.2 Å². The number of ether oxygens (including phenoxy) is 1. The van der Waals surface area contributed by atoms with Gasteiger partial charge in [-0.2, -0.15) is 0 Å². The Morgan fingerprint density at radius 2 is 1.75 bits per heavy atom. The molecule has 0 spiro atoms. The average Bonchev–Trinajstić information content (AvgIpc) is 2.59. The summed E-state index contributed by atoms with van der Waals surface area (Å²) < 4.78 is 5.17. The van der Waals surface area contributed by atoms with Crippen LogP contribution in [0.5, 0.6) is 11.5 Å². The molecule has 0 unspecified atom stereocenters. The second-order valence-electron chi connectivity index (χ2n) is 5.45. The Labute approximate surface area is 141 Å². The van der Waals surface area contributed by atoms with Crippen LogP contribution in [0.1, 0.15) is 41.6 Å². The zero-order chi connectivity index (χ0) is 17.4. The van der Waals surface area contributed by atoms with Crippen molar-refractivity contribution in [1.82, 2.24) is 0 Å². The molecule has 0 aliphatic heterocycles. The standard InChI is InChI=1S/C19H21NO4/c20-12-6-2-5-9-18(22)24-15-10-11-16(17(21)13-15)19(23)14-7-3-1-4-8-14/h1,3-4,7-8,10-11,13,21H,2,5-6,9,12,20H2. The summed E-state index contributed by atoms with van der Waals surface area (Å²) in [5.74, 6) is -0.639. The topological polar surface area (TPSA) is 89.6 Å². The van der Waals surface area contributed by atoms with Crippen LogP contribution < -0.4 is 10.5 Å². The van der Waals surface area contributed by atoms with Crippen LogP contribution >= 0.6 is 0 Å². The third-order valence-electron chi connectivity index (χ3n) is 3.57. The molecule has 0 radical (unpaired) electrons. The van der Waals surface area contributed by atoms with Crippen molar-refractivity contribution in [2.24, 2.45) is 5.73 Å². The predicted octanol–water partition coefficient (Wildman–Crippen LogP) is 3.05. The van der Waals surface area contributed by atoms with E-state index in [1.807, 2.05) is 6.07 Å². The number of benzene rings is 2. The molecule has 2 rings (SSSR count). The van der Waals surface area contributed by atoms with Gasteiger partial charge in [0.1, 0.15) is 11.5 Å². The lowest BCUT2D eigenvalue weighted by molar-refractivity contribution is -0.134. The Kier molecular flexibility index (Phi) is 6.51. The summed E-state index contributed by atoms with van der Waals surface area (Å²) in [5.41, 5.74) is 6.05. The van der Waals surface area contributed by atoms with Crippen LogP contribution in [-0.2, 0) is 4.79 Å². The Bertz CT molecular complexity index is 698. The number of phenolic OH excluding ortho intramolecular Hbond substituents is 1. The lowest BCUT2D eigenvalue weighted by Crippen LogP contribution is -2.08. The van der Waals surface area contributed by atoms with Gasteiger partial charge in [-0.3, -0.25) is 9.59 Å². The molecule has 2 aromatic carbocycles. The second-order valence-corrected chi connectivity index (χ2v) is 5.45. The fraction of sp³-hybridized carbons (Fsp3) is 0.263. The molecular weight excluding hydrogens is 306 g/mol. The van der Waals surface area contributed by atoms with Crippen molar-refractivity contribution >= 4 is 11.8 Å². The lowest BCUT2D eigenvalue weighted by atomic mass is 10.0. The highest BCUT2D eigenvalue weighted by Crippen LogP contribution is 2.26. The maximum absolute atomic E-state index is 12.3. The largest absolute Gasteiger partial charge is 0.507 e. The molecule has 5 nitrogen and oxygen atoms in total. The van der Waals surface area contributed by atoms with Crippen LogP contribution in [0.25, 0.3) is 0 Å². The van der Waals surface area contributed by atoms with Crippen molar-refractivity contribution in [3.63, 3.8) is 0 Å². The van der Waals surface area contributed by atoms with Crippen LogP contribution in [0.4, 0.5) is 0 Å². The predicted molar refractivity (Wildman–Crippen MR) is 91.1 cm³/mol. The van der Waals surface area contributed by atoms with Gasteiger partial charge < -0.3 is 15.6 Å². The zero-order valence-corrected chi connectivity index (χ0v) is 13.4. The Hall–Kier alpha value is -2.66. The molecule has 2 aromatic rings. The summed E-state index contributed by atoms with van der Waals surface area (Å²) in [6.45, 7) is 0.611. The van der Waals surface area contributed by atoms with E-state index < -0.39 is 0 Å². The van der Waals surface area contributed by atoms with Crippen molar-refractivity contribution in [1.29, 1.82) is 0 Å². The van der Waals surface area contributed by atoms with Crippen LogP contribution in [-0.4, -0.2) is 23.4 Å². The average molecular weight is 327 g/mol. The number of phenols is 1. The van der Waals surface area contributed by atoms with E-state index in [1.54, 1.807) is 24.3 Å². The van der Waals surface area contributed by atoms with Crippen LogP contribution in [0, 0.1) is 0 Å². The summed E-state index contributed by atoms with van der Waals surface area (Å²) in [4.78, 5) is 24.1. The van der Waals surface area contributed by atoms with Gasteiger partial charge in [0.25, 0.3) is 0 Å². The van der Waals surface area contributed by atoms with E-state index >= 15 is 0 Å². The number of esters is 1. The summed E-state index contributed by atoms with van der Waals surface area (Å²) in [6, 6.07) is 12.9. The molecule has 0 bridgehead atoms. The van der Waals surface area contributed by atoms with Crippen molar-refractivity contribution in [3.8, 4) is 11.5 Å². The number of ketones is 1. The number of nitrogens with two attached hydrogens (primary N) is 1. The first-order valence-corrected chi connectivity index (χ1v) is 7.95. The number of hydrogen-bond donors (Lipinski definition) is 2. The van der Waals surface area contributed by atoms with E-state index in [2.05, 4.69) is 0 Å². The summed E-state index contributed by atoms with van der Waals surface area (Å²) in [7, 11) is 0. The summed E-state index contributed by atoms with van der Waals surface area (Å²) in [5, 5.41) is 10.1. The summed E-state index contributed by atoms with van der Waals surface area (Å²) in [6.07, 6.45) is 2.77. The molecular formula is C19H21NO4. The molecule has 5 heteroatoms. The van der Waals surface area contributed by atoms with Gasteiger partial charge in [0.2, 0.25) is 0 Å². The van der Waals surface area contributed by atoms with Crippen LogP contribution in [0.15, 0.2) is 48.5 Å². The smallest absolute Gasteiger partial charge is 0.311 e. The van der Waals surface area contributed by atoms with E-state index in [0.29, 0.717) is 24.9 Å². The van der Waals surface area contributed by atoms with E-state index in [9.17, 15) is 14.7 Å². The van der Waals surface area contributed by atoms with Crippen molar-refractivity contribution in [3.05, 3.63) is 59.7 Å². The highest BCUT2D eigenvalue weighted by Gasteiger charge is 2.15. The van der Waals surface area contributed by atoms with E-state index in [4.69, 9.17) is 10.5 Å². The normalized spacial score (nSPS) is 10.4. The second kappa shape index (κ2) is 8.84. The fourth-order valence-corrected chi connectivity index (χ4v) is 2.28. The Balaban J connectivity index is 1.99. The number of carbonyl (C=O) groups is 2. The Morgan fingerprint density at radius 1 is 1.00 bits per heavy atom. The highest BCUT2D eigenvalue weighted by molar-refractivity contribution is 6.10. The quantitative estimate of drug-likeness (QED) is 0.337. The van der Waals surface area contributed by atoms with Crippen molar-refractivity contribution in [2.45, 2.75) is 25.7 Å². The van der Waals surface area contributed by atoms with Crippen LogP contribution in [0.2, 0.25) is 0 Å². The third kappa shape index (κ3) is 4.93. The fourth-order valence-electron chi connectivity index (χ4n) is 2.28. The molecule has 126 valence electrons. The van der Waals surface area contributed by atoms with Gasteiger partial charge in [-0.25, -0.2) is 0 Å². The minimum atomic E-state index is -0.367. The molecule has 0 fully saturated rings. The van der Waals surface area contributed by atoms with E-state index in [0.717, 1.165) is 12.8 Å². The third-order valence-corrected chi connectivity index (χ3v) is 3.57. The number of aromatic hydroxyl groups is 1. The lowest BCUT2D eigenvalue weighted by Gasteiger charge is -2.08. The van der Waals surface area contributed by atoms with E-state index in [-0.39, 0.29) is 28.8 Å². The molecule has 0 heterocycles. The van der Waals surface area contributed by atoms with Gasteiger partial charge in [0.05, 0.1) is 5.56 Å².